The lowest BCUT2D eigenvalue weighted by atomic mass is 9.84. The summed E-state index contributed by atoms with van der Waals surface area (Å²) in [5.41, 5.74) is 3.95. The van der Waals surface area contributed by atoms with E-state index in [0.717, 1.165) is 16.8 Å². The van der Waals surface area contributed by atoms with Gasteiger partial charge in [0.2, 0.25) is 0 Å². The quantitative estimate of drug-likeness (QED) is 0.877. The van der Waals surface area contributed by atoms with Crippen LogP contribution in [0.1, 0.15) is 42.9 Å². The molecule has 3 rings (SSSR count). The molecule has 0 saturated carbocycles. The SMILES string of the molecule is CCC1=C(C(=O)O)C(C)c2ccc(C#N)cc2N1Cc1cccc(F)c1. The lowest BCUT2D eigenvalue weighted by Crippen LogP contribution is -2.31. The van der Waals surface area contributed by atoms with Gasteiger partial charge in [0.05, 0.1) is 17.2 Å². The Balaban J connectivity index is 2.19. The highest BCUT2D eigenvalue weighted by Crippen LogP contribution is 2.43. The van der Waals surface area contributed by atoms with E-state index < -0.39 is 5.97 Å². The number of nitrogens with zero attached hydrogens (tertiary/aromatic N) is 2. The first-order valence-electron chi connectivity index (χ1n) is 8.48. The molecule has 5 heteroatoms. The van der Waals surface area contributed by atoms with E-state index in [0.29, 0.717) is 29.8 Å². The van der Waals surface area contributed by atoms with Gasteiger partial charge in [-0.15, -0.1) is 0 Å². The molecule has 1 aliphatic rings. The topological polar surface area (TPSA) is 64.3 Å². The van der Waals surface area contributed by atoms with Crippen LogP contribution in [0.5, 0.6) is 0 Å². The van der Waals surface area contributed by atoms with Crippen LogP contribution in [0, 0.1) is 17.1 Å². The van der Waals surface area contributed by atoms with E-state index in [1.807, 2.05) is 30.9 Å². The van der Waals surface area contributed by atoms with E-state index in [-0.39, 0.29) is 11.7 Å². The molecule has 0 bridgehead atoms. The molecule has 1 N–H and O–H groups in total. The first-order valence-corrected chi connectivity index (χ1v) is 8.48. The fourth-order valence-corrected chi connectivity index (χ4v) is 3.60. The minimum Gasteiger partial charge on any atom is -0.478 e. The second kappa shape index (κ2) is 7.01. The first-order chi connectivity index (χ1) is 12.5. The Kier molecular flexibility index (Phi) is 4.77. The number of fused-ring (bicyclic) bond motifs is 1. The largest absolute Gasteiger partial charge is 0.478 e. The van der Waals surface area contributed by atoms with E-state index in [9.17, 15) is 19.6 Å². The molecule has 0 aliphatic carbocycles. The van der Waals surface area contributed by atoms with Crippen LogP contribution >= 0.6 is 0 Å². The summed E-state index contributed by atoms with van der Waals surface area (Å²) in [6, 6.07) is 13.7. The van der Waals surface area contributed by atoms with Crippen LogP contribution < -0.4 is 4.90 Å². The maximum absolute atomic E-state index is 13.6. The van der Waals surface area contributed by atoms with Crippen LogP contribution in [-0.4, -0.2) is 11.1 Å². The van der Waals surface area contributed by atoms with Crippen LogP contribution in [0.15, 0.2) is 53.7 Å². The molecule has 0 aromatic heterocycles. The van der Waals surface area contributed by atoms with E-state index in [2.05, 4.69) is 6.07 Å². The van der Waals surface area contributed by atoms with Gasteiger partial charge in [0.1, 0.15) is 5.82 Å². The molecule has 0 amide bonds. The molecule has 26 heavy (non-hydrogen) atoms. The molecule has 0 saturated heterocycles. The fourth-order valence-electron chi connectivity index (χ4n) is 3.60. The molecule has 0 radical (unpaired) electrons. The maximum Gasteiger partial charge on any atom is 0.333 e. The van der Waals surface area contributed by atoms with E-state index in [1.54, 1.807) is 18.2 Å². The normalized spacial score (nSPS) is 16.2. The minimum absolute atomic E-state index is 0.283. The number of rotatable bonds is 4. The summed E-state index contributed by atoms with van der Waals surface area (Å²) in [5, 5.41) is 19.0. The van der Waals surface area contributed by atoms with Gasteiger partial charge >= 0.3 is 5.97 Å². The zero-order valence-corrected chi connectivity index (χ0v) is 14.7. The summed E-state index contributed by atoms with van der Waals surface area (Å²) in [5.74, 6) is -1.57. The number of hydrogen-bond acceptors (Lipinski definition) is 3. The Hall–Kier alpha value is -3.13. The molecule has 1 unspecified atom stereocenters. The number of carboxylic acids is 1. The van der Waals surface area contributed by atoms with E-state index in [1.165, 1.54) is 12.1 Å². The Bertz CT molecular complexity index is 943. The molecule has 1 aliphatic heterocycles. The zero-order chi connectivity index (χ0) is 18.8. The third kappa shape index (κ3) is 3.06. The van der Waals surface area contributed by atoms with Gasteiger partial charge in [0, 0.05) is 23.8 Å². The Morgan fingerprint density at radius 2 is 2.08 bits per heavy atom. The van der Waals surface area contributed by atoms with Crippen LogP contribution in [0.25, 0.3) is 0 Å². The smallest absolute Gasteiger partial charge is 0.333 e. The second-order valence-electron chi connectivity index (χ2n) is 6.34. The number of carboxylic acid groups (broad SMARTS) is 1. The van der Waals surface area contributed by atoms with Gasteiger partial charge in [-0.1, -0.05) is 32.0 Å². The number of aliphatic carboxylic acids is 1. The number of carbonyl (C=O) groups is 1. The van der Waals surface area contributed by atoms with Gasteiger partial charge < -0.3 is 10.0 Å². The Morgan fingerprint density at radius 3 is 2.69 bits per heavy atom. The maximum atomic E-state index is 13.6. The van der Waals surface area contributed by atoms with Crippen molar-refractivity contribution in [1.29, 1.82) is 5.26 Å². The van der Waals surface area contributed by atoms with Gasteiger partial charge in [-0.2, -0.15) is 5.26 Å². The van der Waals surface area contributed by atoms with Crippen molar-refractivity contribution in [2.24, 2.45) is 0 Å². The summed E-state index contributed by atoms with van der Waals surface area (Å²) in [6.45, 7) is 4.11. The van der Waals surface area contributed by atoms with Crippen molar-refractivity contribution in [3.63, 3.8) is 0 Å². The van der Waals surface area contributed by atoms with Crippen molar-refractivity contribution >= 4 is 11.7 Å². The Labute approximate surface area is 151 Å². The molecule has 2 aromatic rings. The standard InChI is InChI=1S/C21H19FN2O2/c1-3-18-20(21(25)26)13(2)17-8-7-14(11-23)10-19(17)24(18)12-15-5-4-6-16(22)9-15/h4-10,13H,3,12H2,1-2H3,(H,25,26). The molecule has 0 spiro atoms. The lowest BCUT2D eigenvalue weighted by molar-refractivity contribution is -0.133. The van der Waals surface area contributed by atoms with Gasteiger partial charge in [-0.25, -0.2) is 9.18 Å². The highest BCUT2D eigenvalue weighted by Gasteiger charge is 2.33. The predicted octanol–water partition coefficient (Wildman–Crippen LogP) is 4.57. The summed E-state index contributed by atoms with van der Waals surface area (Å²) >= 11 is 0. The molecule has 0 fully saturated rings. The number of halogens is 1. The summed E-state index contributed by atoms with van der Waals surface area (Å²) < 4.78 is 13.6. The predicted molar refractivity (Wildman–Crippen MR) is 97.1 cm³/mol. The highest BCUT2D eigenvalue weighted by atomic mass is 19.1. The van der Waals surface area contributed by atoms with Crippen molar-refractivity contribution in [3.05, 3.63) is 76.2 Å². The van der Waals surface area contributed by atoms with Gasteiger partial charge in [-0.05, 0) is 41.8 Å². The van der Waals surface area contributed by atoms with Crippen LogP contribution in [0.4, 0.5) is 10.1 Å². The average molecular weight is 350 g/mol. The molecule has 1 heterocycles. The van der Waals surface area contributed by atoms with Gasteiger partial charge in [0.15, 0.2) is 0 Å². The monoisotopic (exact) mass is 350 g/mol. The molecule has 2 aromatic carbocycles. The van der Waals surface area contributed by atoms with Gasteiger partial charge in [-0.3, -0.25) is 0 Å². The molecule has 132 valence electrons. The molecule has 1 atom stereocenters. The number of benzene rings is 2. The number of nitriles is 1. The lowest BCUT2D eigenvalue weighted by Gasteiger charge is -2.37. The summed E-state index contributed by atoms with van der Waals surface area (Å²) in [4.78, 5) is 13.8. The van der Waals surface area contributed by atoms with E-state index >= 15 is 0 Å². The summed E-state index contributed by atoms with van der Waals surface area (Å²) in [7, 11) is 0. The number of hydrogen-bond donors (Lipinski definition) is 1. The number of anilines is 1. The van der Waals surface area contributed by atoms with Crippen molar-refractivity contribution in [3.8, 4) is 6.07 Å². The van der Waals surface area contributed by atoms with Gasteiger partial charge in [0.25, 0.3) is 0 Å². The van der Waals surface area contributed by atoms with Crippen LogP contribution in [0.2, 0.25) is 0 Å². The van der Waals surface area contributed by atoms with Crippen molar-refractivity contribution in [2.75, 3.05) is 4.90 Å². The number of allylic oxidation sites excluding steroid dienone is 1. The molecular weight excluding hydrogens is 331 g/mol. The average Bonchev–Trinajstić information content (AvgIpc) is 2.62. The highest BCUT2D eigenvalue weighted by molar-refractivity contribution is 5.92. The Morgan fingerprint density at radius 1 is 1.31 bits per heavy atom. The zero-order valence-electron chi connectivity index (χ0n) is 14.7. The second-order valence-corrected chi connectivity index (χ2v) is 6.34. The van der Waals surface area contributed by atoms with E-state index in [4.69, 9.17) is 0 Å². The molecular formula is C21H19FN2O2. The van der Waals surface area contributed by atoms with Crippen molar-refractivity contribution in [1.82, 2.24) is 0 Å². The van der Waals surface area contributed by atoms with Crippen molar-refractivity contribution < 1.29 is 14.3 Å². The summed E-state index contributed by atoms with van der Waals surface area (Å²) in [6.07, 6.45) is 0.525. The first kappa shape index (κ1) is 17.7. The third-order valence-electron chi connectivity index (χ3n) is 4.78. The molecule has 4 nitrogen and oxygen atoms in total. The van der Waals surface area contributed by atoms with Crippen LogP contribution in [-0.2, 0) is 11.3 Å². The fraction of sp³-hybridized carbons (Fsp3) is 0.238. The van der Waals surface area contributed by atoms with Crippen molar-refractivity contribution in [2.45, 2.75) is 32.7 Å². The minimum atomic E-state index is -0.950. The third-order valence-corrected chi connectivity index (χ3v) is 4.78. The van der Waals surface area contributed by atoms with Crippen LogP contribution in [0.3, 0.4) is 0 Å².